The highest BCUT2D eigenvalue weighted by atomic mass is 32.1. The fourth-order valence-electron chi connectivity index (χ4n) is 4.21. The lowest BCUT2D eigenvalue weighted by molar-refractivity contribution is -0.683. The third kappa shape index (κ3) is 15.3. The quantitative estimate of drug-likeness (QED) is 0.0815. The summed E-state index contributed by atoms with van der Waals surface area (Å²) in [4.78, 5) is 13.6. The molecule has 0 aliphatic heterocycles. The lowest BCUT2D eigenvalue weighted by Gasteiger charge is -2.25. The van der Waals surface area contributed by atoms with Crippen molar-refractivity contribution in [2.75, 3.05) is 26.9 Å². The zero-order valence-electron chi connectivity index (χ0n) is 23.6. The number of thiazole rings is 1. The van der Waals surface area contributed by atoms with Crippen molar-refractivity contribution < 1.29 is 32.5 Å². The first-order valence-corrected chi connectivity index (χ1v) is 16.5. The minimum Gasteiger partial charge on any atom is -0.746 e. The Balaban J connectivity index is 1.55. The van der Waals surface area contributed by atoms with Crippen molar-refractivity contribution in [3.05, 3.63) is 46.4 Å². The van der Waals surface area contributed by atoms with Gasteiger partial charge in [-0.05, 0) is 25.5 Å². The summed E-state index contributed by atoms with van der Waals surface area (Å²) in [6, 6.07) is 7.01. The average molecular weight is 570 g/mol. The Kier molecular flexibility index (Phi) is 17.1. The molecule has 0 radical (unpaired) electrons. The minimum atomic E-state index is -4.54. The highest BCUT2D eigenvalue weighted by molar-refractivity contribution is 7.46. The summed E-state index contributed by atoms with van der Waals surface area (Å²) in [7, 11) is -3.02. The SMILES string of the molecule is CCCCCCCCCCCCCCOCC(COP(=O)([O-])Oc1cccc(C[n+]2csc(C)c2)c1)OC. The van der Waals surface area contributed by atoms with E-state index < -0.39 is 13.9 Å². The van der Waals surface area contributed by atoms with Crippen LogP contribution in [-0.4, -0.2) is 33.0 Å². The van der Waals surface area contributed by atoms with Crippen molar-refractivity contribution >= 4 is 19.2 Å². The normalized spacial score (nSPS) is 13.9. The van der Waals surface area contributed by atoms with E-state index in [4.69, 9.17) is 18.5 Å². The number of rotatable bonds is 23. The number of unbranched alkanes of at least 4 members (excludes halogenated alkanes) is 11. The number of hydrogen-bond acceptors (Lipinski definition) is 7. The summed E-state index contributed by atoms with van der Waals surface area (Å²) in [5.74, 6) is 0.227. The molecule has 38 heavy (non-hydrogen) atoms. The first-order valence-electron chi connectivity index (χ1n) is 14.2. The molecule has 2 aromatic rings. The lowest BCUT2D eigenvalue weighted by Crippen LogP contribution is -2.30. The number of phosphoric ester groups is 1. The van der Waals surface area contributed by atoms with Crippen LogP contribution in [0, 0.1) is 6.92 Å². The van der Waals surface area contributed by atoms with Crippen LogP contribution in [0.2, 0.25) is 0 Å². The van der Waals surface area contributed by atoms with Gasteiger partial charge in [0.1, 0.15) is 11.9 Å². The van der Waals surface area contributed by atoms with Crippen molar-refractivity contribution in [2.24, 2.45) is 0 Å². The Morgan fingerprint density at radius 3 is 2.24 bits per heavy atom. The van der Waals surface area contributed by atoms with Crippen LogP contribution in [0.15, 0.2) is 36.0 Å². The molecule has 0 aliphatic carbocycles. The summed E-state index contributed by atoms with van der Waals surface area (Å²) in [5, 5.41) is 0. The lowest BCUT2D eigenvalue weighted by atomic mass is 10.1. The predicted octanol–water partition coefficient (Wildman–Crippen LogP) is 6.99. The molecule has 9 heteroatoms. The molecule has 7 nitrogen and oxygen atoms in total. The Bertz CT molecular complexity index is 924. The van der Waals surface area contributed by atoms with Gasteiger partial charge in [-0.3, -0.25) is 4.57 Å². The van der Waals surface area contributed by atoms with Crippen molar-refractivity contribution in [2.45, 2.75) is 104 Å². The van der Waals surface area contributed by atoms with Crippen LogP contribution in [0.25, 0.3) is 0 Å². The molecule has 0 aliphatic rings. The Morgan fingerprint density at radius 1 is 0.974 bits per heavy atom. The molecule has 1 aromatic carbocycles. The van der Waals surface area contributed by atoms with Crippen molar-refractivity contribution in [3.63, 3.8) is 0 Å². The van der Waals surface area contributed by atoms with Crippen LogP contribution in [-0.2, 0) is 25.1 Å². The maximum atomic E-state index is 12.4. The first kappa shape index (κ1) is 32.9. The largest absolute Gasteiger partial charge is 0.746 e. The van der Waals surface area contributed by atoms with Gasteiger partial charge in [-0.1, -0.05) is 101 Å². The molecule has 0 saturated heterocycles. The molecule has 0 N–H and O–H groups in total. The molecule has 1 aromatic heterocycles. The Hall–Kier alpha value is -1.28. The minimum absolute atomic E-state index is 0.153. The molecule has 0 saturated carbocycles. The number of phosphoric acid groups is 1. The smallest absolute Gasteiger partial charge is 0.319 e. The summed E-state index contributed by atoms with van der Waals surface area (Å²) in [6.45, 7) is 5.70. The summed E-state index contributed by atoms with van der Waals surface area (Å²) in [5.41, 5.74) is 2.96. The number of hydrogen-bond donors (Lipinski definition) is 0. The molecule has 0 fully saturated rings. The number of nitrogens with zero attached hydrogens (tertiary/aromatic N) is 1. The van der Waals surface area contributed by atoms with Gasteiger partial charge in [0.25, 0.3) is 0 Å². The van der Waals surface area contributed by atoms with E-state index in [1.54, 1.807) is 29.5 Å². The van der Waals surface area contributed by atoms with Gasteiger partial charge >= 0.3 is 7.82 Å². The third-order valence-corrected chi connectivity index (χ3v) is 8.15. The van der Waals surface area contributed by atoms with Crippen molar-refractivity contribution in [1.29, 1.82) is 0 Å². The molecule has 216 valence electrons. The average Bonchev–Trinajstić information content (AvgIpc) is 3.30. The molecule has 2 unspecified atom stereocenters. The maximum absolute atomic E-state index is 12.4. The maximum Gasteiger partial charge on any atom is 0.319 e. The standard InChI is InChI=1S/C29H48NO6PS/c1-4-5-6-7-8-9-10-11-12-13-14-15-19-34-23-29(33-3)24-35-37(31,32)36-28-18-16-17-27(20-28)22-30-21-26(2)38-25-30/h16-18,20-21,25,29H,4-15,19,22-24H2,1-3H3. The second-order valence-electron chi connectivity index (χ2n) is 9.94. The summed E-state index contributed by atoms with van der Waals surface area (Å²) in [6.07, 6.45) is 17.1. The predicted molar refractivity (Wildman–Crippen MR) is 152 cm³/mol. The van der Waals surface area contributed by atoms with E-state index in [9.17, 15) is 9.46 Å². The Labute approximate surface area is 234 Å². The van der Waals surface area contributed by atoms with Gasteiger partial charge in [-0.2, -0.15) is 4.57 Å². The van der Waals surface area contributed by atoms with E-state index in [-0.39, 0.29) is 19.0 Å². The fourth-order valence-corrected chi connectivity index (χ4v) is 5.62. The van der Waals surface area contributed by atoms with Crippen molar-refractivity contribution in [3.8, 4) is 5.75 Å². The molecule has 2 rings (SSSR count). The monoisotopic (exact) mass is 569 g/mol. The molecular formula is C29H48NO6PS. The molecule has 2 atom stereocenters. The topological polar surface area (TPSA) is 80.9 Å². The van der Waals surface area contributed by atoms with Gasteiger partial charge < -0.3 is 23.4 Å². The molecule has 0 spiro atoms. The van der Waals surface area contributed by atoms with Crippen molar-refractivity contribution in [1.82, 2.24) is 0 Å². The van der Waals surface area contributed by atoms with E-state index in [0.717, 1.165) is 18.4 Å². The van der Waals surface area contributed by atoms with Crippen LogP contribution in [0.3, 0.4) is 0 Å². The summed E-state index contributed by atoms with van der Waals surface area (Å²) < 4.78 is 35.7. The Morgan fingerprint density at radius 2 is 1.63 bits per heavy atom. The van der Waals surface area contributed by atoms with Gasteiger partial charge in [0.2, 0.25) is 5.51 Å². The van der Waals surface area contributed by atoms with Crippen LogP contribution in [0.1, 0.15) is 94.4 Å². The van der Waals surface area contributed by atoms with E-state index >= 15 is 0 Å². The third-order valence-electron chi connectivity index (χ3n) is 6.40. The zero-order chi connectivity index (χ0) is 27.5. The van der Waals surface area contributed by atoms with E-state index in [1.165, 1.54) is 76.2 Å². The zero-order valence-corrected chi connectivity index (χ0v) is 25.3. The van der Waals surface area contributed by atoms with Gasteiger partial charge in [0.15, 0.2) is 12.7 Å². The highest BCUT2D eigenvalue weighted by Gasteiger charge is 2.17. The van der Waals surface area contributed by atoms with Gasteiger partial charge in [0, 0.05) is 19.3 Å². The molecule has 0 bridgehead atoms. The second kappa shape index (κ2) is 19.7. The van der Waals surface area contributed by atoms with E-state index in [1.807, 2.05) is 29.3 Å². The van der Waals surface area contributed by atoms with Gasteiger partial charge in [-0.15, -0.1) is 0 Å². The number of ether oxygens (including phenoxy) is 2. The van der Waals surface area contributed by atoms with Gasteiger partial charge in [-0.25, -0.2) is 0 Å². The van der Waals surface area contributed by atoms with Crippen LogP contribution < -0.4 is 14.0 Å². The molecule has 1 heterocycles. The van der Waals surface area contributed by atoms with E-state index in [0.29, 0.717) is 13.2 Å². The number of benzene rings is 1. The highest BCUT2D eigenvalue weighted by Crippen LogP contribution is 2.39. The second-order valence-corrected chi connectivity index (χ2v) is 12.4. The molecule has 0 amide bonds. The van der Waals surface area contributed by atoms with Crippen LogP contribution in [0.4, 0.5) is 0 Å². The van der Waals surface area contributed by atoms with Crippen LogP contribution in [0.5, 0.6) is 5.75 Å². The van der Waals surface area contributed by atoms with Gasteiger partial charge in [0.05, 0.1) is 18.1 Å². The summed E-state index contributed by atoms with van der Waals surface area (Å²) >= 11 is 1.66. The van der Waals surface area contributed by atoms with Crippen LogP contribution >= 0.6 is 19.2 Å². The fraction of sp³-hybridized carbons (Fsp3) is 0.690. The first-order chi connectivity index (χ1) is 18.4. The number of aromatic nitrogens is 1. The molecular weight excluding hydrogens is 521 g/mol. The number of aryl methyl sites for hydroxylation is 1. The van der Waals surface area contributed by atoms with E-state index in [2.05, 4.69) is 6.92 Å². The number of methoxy groups -OCH3 is 1.